The number of hydrogen-bond donors (Lipinski definition) is 2. The van der Waals surface area contributed by atoms with Crippen molar-refractivity contribution in [2.75, 3.05) is 13.1 Å². The van der Waals surface area contributed by atoms with Crippen molar-refractivity contribution in [2.24, 2.45) is 5.73 Å². The molecule has 0 radical (unpaired) electrons. The van der Waals surface area contributed by atoms with Crippen LogP contribution in [-0.4, -0.2) is 35.8 Å². The first-order valence-corrected chi connectivity index (χ1v) is 6.53. The molecule has 0 aliphatic carbocycles. The number of rotatable bonds is 5. The summed E-state index contributed by atoms with van der Waals surface area (Å²) in [5.74, 6) is -0.156. The van der Waals surface area contributed by atoms with Crippen LogP contribution in [0.4, 0.5) is 0 Å². The number of carbonyl (C=O) groups excluding carboxylic acids is 2. The number of nitrogens with zero attached hydrogens (tertiary/aromatic N) is 1. The highest BCUT2D eigenvalue weighted by atomic mass is 16.2. The van der Waals surface area contributed by atoms with Crippen LogP contribution < -0.4 is 11.1 Å². The van der Waals surface area contributed by atoms with Gasteiger partial charge < -0.3 is 16.0 Å². The third-order valence-electron chi connectivity index (χ3n) is 3.22. The number of benzene rings is 1. The molecule has 1 unspecified atom stereocenters. The molecule has 1 aliphatic heterocycles. The number of nitrogens with two attached hydrogens (primary N) is 1. The van der Waals surface area contributed by atoms with Gasteiger partial charge in [-0.25, -0.2) is 0 Å². The van der Waals surface area contributed by atoms with E-state index in [0.29, 0.717) is 26.1 Å². The first-order valence-electron chi connectivity index (χ1n) is 6.53. The van der Waals surface area contributed by atoms with Gasteiger partial charge in [0.2, 0.25) is 11.8 Å². The Morgan fingerprint density at radius 3 is 2.79 bits per heavy atom. The van der Waals surface area contributed by atoms with E-state index >= 15 is 0 Å². The van der Waals surface area contributed by atoms with E-state index in [0.717, 1.165) is 5.56 Å². The lowest BCUT2D eigenvalue weighted by molar-refractivity contribution is -0.133. The van der Waals surface area contributed by atoms with E-state index < -0.39 is 0 Å². The maximum absolute atomic E-state index is 12.1. The average Bonchev–Trinajstić information content (AvgIpc) is 2.73. The topological polar surface area (TPSA) is 75.4 Å². The number of nitrogens with one attached hydrogen (secondary N) is 1. The summed E-state index contributed by atoms with van der Waals surface area (Å²) in [6.07, 6.45) is 0.935. The minimum absolute atomic E-state index is 0.00535. The fourth-order valence-corrected chi connectivity index (χ4v) is 2.23. The highest BCUT2D eigenvalue weighted by molar-refractivity contribution is 5.89. The van der Waals surface area contributed by atoms with Crippen molar-refractivity contribution in [3.63, 3.8) is 0 Å². The molecule has 1 aromatic rings. The van der Waals surface area contributed by atoms with Crippen molar-refractivity contribution in [3.8, 4) is 0 Å². The molecule has 5 nitrogen and oxygen atoms in total. The summed E-state index contributed by atoms with van der Waals surface area (Å²) in [5.41, 5.74) is 6.41. The molecule has 0 bridgehead atoms. The molecule has 19 heavy (non-hydrogen) atoms. The Balaban J connectivity index is 1.89. The molecule has 0 aromatic heterocycles. The molecule has 0 spiro atoms. The molecule has 0 saturated carbocycles. The van der Waals surface area contributed by atoms with Crippen LogP contribution >= 0.6 is 0 Å². The second-order valence-corrected chi connectivity index (χ2v) is 4.69. The zero-order valence-electron chi connectivity index (χ0n) is 10.8. The monoisotopic (exact) mass is 261 g/mol. The summed E-state index contributed by atoms with van der Waals surface area (Å²) >= 11 is 0. The van der Waals surface area contributed by atoms with Crippen LogP contribution in [-0.2, 0) is 16.1 Å². The van der Waals surface area contributed by atoms with E-state index in [2.05, 4.69) is 5.32 Å². The molecule has 2 rings (SSSR count). The predicted octanol–water partition coefficient (Wildman–Crippen LogP) is 0.253. The minimum Gasteiger partial charge on any atom is -0.344 e. The third-order valence-corrected chi connectivity index (χ3v) is 3.22. The fraction of sp³-hybridized carbons (Fsp3) is 0.429. The van der Waals surface area contributed by atoms with Crippen LogP contribution in [0.3, 0.4) is 0 Å². The minimum atomic E-state index is -0.386. The zero-order chi connectivity index (χ0) is 13.7. The summed E-state index contributed by atoms with van der Waals surface area (Å²) in [5, 5.41) is 2.74. The molecular weight excluding hydrogens is 242 g/mol. The summed E-state index contributed by atoms with van der Waals surface area (Å²) < 4.78 is 0. The van der Waals surface area contributed by atoms with Gasteiger partial charge in [-0.1, -0.05) is 30.3 Å². The lowest BCUT2D eigenvalue weighted by atomic mass is 10.2. The van der Waals surface area contributed by atoms with Crippen molar-refractivity contribution < 1.29 is 9.59 Å². The molecule has 102 valence electrons. The Hall–Kier alpha value is -1.88. The number of amides is 2. The second-order valence-electron chi connectivity index (χ2n) is 4.69. The van der Waals surface area contributed by atoms with E-state index in [1.807, 2.05) is 30.3 Å². The molecule has 5 heteroatoms. The highest BCUT2D eigenvalue weighted by Crippen LogP contribution is 2.15. The maximum Gasteiger partial charge on any atom is 0.245 e. The summed E-state index contributed by atoms with van der Waals surface area (Å²) in [7, 11) is 0. The molecule has 1 atom stereocenters. The van der Waals surface area contributed by atoms with E-state index in [-0.39, 0.29) is 24.3 Å². The van der Waals surface area contributed by atoms with Gasteiger partial charge in [0.15, 0.2) is 0 Å². The van der Waals surface area contributed by atoms with E-state index in [4.69, 9.17) is 5.73 Å². The quantitative estimate of drug-likeness (QED) is 0.798. The molecule has 1 heterocycles. The average molecular weight is 261 g/mol. The van der Waals surface area contributed by atoms with Crippen LogP contribution in [0.2, 0.25) is 0 Å². The summed E-state index contributed by atoms with van der Waals surface area (Å²) in [6.45, 7) is 1.59. The second kappa shape index (κ2) is 6.33. The van der Waals surface area contributed by atoms with E-state index in [1.165, 1.54) is 0 Å². The highest BCUT2D eigenvalue weighted by Gasteiger charge is 2.32. The van der Waals surface area contributed by atoms with Crippen LogP contribution in [0.5, 0.6) is 0 Å². The standard InChI is InChI=1S/C14H19N3O2/c15-8-6-13(18)16-12-7-9-17(14(12)19)10-11-4-2-1-3-5-11/h1-5,12H,6-10,15H2,(H,16,18). The molecular formula is C14H19N3O2. The summed E-state index contributed by atoms with van der Waals surface area (Å²) in [6, 6.07) is 9.46. The largest absolute Gasteiger partial charge is 0.344 e. The van der Waals surface area contributed by atoms with Gasteiger partial charge in [-0.2, -0.15) is 0 Å². The van der Waals surface area contributed by atoms with Gasteiger partial charge in [0.05, 0.1) is 0 Å². The Morgan fingerprint density at radius 2 is 2.11 bits per heavy atom. The molecule has 1 aromatic carbocycles. The molecule has 2 amide bonds. The Kier molecular flexibility index (Phi) is 4.52. The van der Waals surface area contributed by atoms with Gasteiger partial charge in [0, 0.05) is 26.1 Å². The molecule has 1 aliphatic rings. The van der Waals surface area contributed by atoms with Crippen molar-refractivity contribution in [3.05, 3.63) is 35.9 Å². The number of likely N-dealkylation sites (tertiary alicyclic amines) is 1. The SMILES string of the molecule is NCCC(=O)NC1CCN(Cc2ccccc2)C1=O. The first-order chi connectivity index (χ1) is 9.20. The zero-order valence-corrected chi connectivity index (χ0v) is 10.8. The lowest BCUT2D eigenvalue weighted by Gasteiger charge is -2.17. The van der Waals surface area contributed by atoms with Crippen LogP contribution in [0, 0.1) is 0 Å². The van der Waals surface area contributed by atoms with Crippen molar-refractivity contribution >= 4 is 11.8 Å². The van der Waals surface area contributed by atoms with Crippen LogP contribution in [0.15, 0.2) is 30.3 Å². The number of carbonyl (C=O) groups is 2. The molecule has 3 N–H and O–H groups in total. The van der Waals surface area contributed by atoms with Gasteiger partial charge >= 0.3 is 0 Å². The maximum atomic E-state index is 12.1. The van der Waals surface area contributed by atoms with Gasteiger partial charge in [-0.15, -0.1) is 0 Å². The molecule has 1 saturated heterocycles. The molecule has 1 fully saturated rings. The Bertz CT molecular complexity index is 447. The fourth-order valence-electron chi connectivity index (χ4n) is 2.23. The number of hydrogen-bond acceptors (Lipinski definition) is 3. The Morgan fingerprint density at radius 1 is 1.37 bits per heavy atom. The van der Waals surface area contributed by atoms with Gasteiger partial charge in [0.25, 0.3) is 0 Å². The van der Waals surface area contributed by atoms with Gasteiger partial charge in [-0.05, 0) is 12.0 Å². The smallest absolute Gasteiger partial charge is 0.245 e. The normalized spacial score (nSPS) is 18.7. The van der Waals surface area contributed by atoms with Crippen molar-refractivity contribution in [1.29, 1.82) is 0 Å². The predicted molar refractivity (Wildman–Crippen MR) is 72.1 cm³/mol. The van der Waals surface area contributed by atoms with Gasteiger partial charge in [0.1, 0.15) is 6.04 Å². The Labute approximate surface area is 112 Å². The van der Waals surface area contributed by atoms with Gasteiger partial charge in [-0.3, -0.25) is 9.59 Å². The van der Waals surface area contributed by atoms with E-state index in [9.17, 15) is 9.59 Å². The van der Waals surface area contributed by atoms with Crippen LogP contribution in [0.25, 0.3) is 0 Å². The third kappa shape index (κ3) is 3.54. The lowest BCUT2D eigenvalue weighted by Crippen LogP contribution is -2.41. The van der Waals surface area contributed by atoms with Crippen LogP contribution in [0.1, 0.15) is 18.4 Å². The van der Waals surface area contributed by atoms with Crippen molar-refractivity contribution in [1.82, 2.24) is 10.2 Å². The summed E-state index contributed by atoms with van der Waals surface area (Å²) in [4.78, 5) is 25.4. The van der Waals surface area contributed by atoms with E-state index in [1.54, 1.807) is 4.90 Å². The first kappa shape index (κ1) is 13.5. The van der Waals surface area contributed by atoms with Crippen molar-refractivity contribution in [2.45, 2.75) is 25.4 Å².